The molecule has 1 unspecified atom stereocenters. The largest absolute Gasteiger partial charge is 0.388 e. The van der Waals surface area contributed by atoms with Gasteiger partial charge in [-0.15, -0.1) is 0 Å². The molecule has 0 aliphatic carbocycles. The highest BCUT2D eigenvalue weighted by Gasteiger charge is 2.32. The van der Waals surface area contributed by atoms with Gasteiger partial charge in [0, 0.05) is 33.8 Å². The van der Waals surface area contributed by atoms with Gasteiger partial charge in [-0.1, -0.05) is 36.4 Å². The highest BCUT2D eigenvalue weighted by Crippen LogP contribution is 2.21. The van der Waals surface area contributed by atoms with E-state index in [-0.39, 0.29) is 0 Å². The fourth-order valence-electron chi connectivity index (χ4n) is 2.83. The van der Waals surface area contributed by atoms with Crippen molar-refractivity contribution in [3.8, 4) is 11.1 Å². The molecule has 2 aromatic carbocycles. The molecule has 2 aromatic rings. The number of hydrogen-bond acceptors (Lipinski definition) is 6. The minimum absolute atomic E-state index is 0.329. The number of nitrogens with zero attached hydrogens (tertiary/aromatic N) is 3. The van der Waals surface area contributed by atoms with E-state index in [0.29, 0.717) is 5.56 Å². The third-order valence-corrected chi connectivity index (χ3v) is 4.48. The van der Waals surface area contributed by atoms with Crippen LogP contribution in [0.15, 0.2) is 53.6 Å². The van der Waals surface area contributed by atoms with Crippen molar-refractivity contribution in [3.05, 3.63) is 59.7 Å². The van der Waals surface area contributed by atoms with Crippen LogP contribution in [-0.2, 0) is 9.59 Å². The molecular weight excluding hydrogens is 384 g/mol. The summed E-state index contributed by atoms with van der Waals surface area (Å²) in [4.78, 5) is 37.7. The third kappa shape index (κ3) is 5.51. The molecular formula is C22H26N4O4. The van der Waals surface area contributed by atoms with Crippen molar-refractivity contribution < 1.29 is 19.5 Å². The molecule has 0 bridgehead atoms. The van der Waals surface area contributed by atoms with Crippen molar-refractivity contribution in [1.82, 2.24) is 15.2 Å². The molecule has 0 saturated carbocycles. The number of hydrazone groups is 1. The summed E-state index contributed by atoms with van der Waals surface area (Å²) in [5.41, 5.74) is 3.19. The van der Waals surface area contributed by atoms with Gasteiger partial charge in [0.2, 0.25) is 5.91 Å². The number of benzene rings is 2. The quantitative estimate of drug-likeness (QED) is 0.384. The number of nitrogens with one attached hydrogen (secondary N) is 1. The van der Waals surface area contributed by atoms with E-state index >= 15 is 0 Å². The van der Waals surface area contributed by atoms with Gasteiger partial charge in [0.15, 0.2) is 11.8 Å². The van der Waals surface area contributed by atoms with Crippen LogP contribution in [0.1, 0.15) is 15.9 Å². The molecule has 2 rings (SSSR count). The average molecular weight is 410 g/mol. The highest BCUT2D eigenvalue weighted by molar-refractivity contribution is 6.10. The lowest BCUT2D eigenvalue weighted by molar-refractivity contribution is -0.135. The summed E-state index contributed by atoms with van der Waals surface area (Å²) in [6, 6.07) is 13.3. The zero-order valence-electron chi connectivity index (χ0n) is 17.5. The molecule has 0 aromatic heterocycles. The first-order valence-electron chi connectivity index (χ1n) is 9.32. The molecule has 0 radical (unpaired) electrons. The number of ketones is 1. The Kier molecular flexibility index (Phi) is 7.83. The van der Waals surface area contributed by atoms with Gasteiger partial charge < -0.3 is 20.3 Å². The molecule has 8 heteroatoms. The predicted molar refractivity (Wildman–Crippen MR) is 115 cm³/mol. The van der Waals surface area contributed by atoms with Gasteiger partial charge in [0.25, 0.3) is 5.91 Å². The molecule has 2 amide bonds. The zero-order chi connectivity index (χ0) is 22.3. The van der Waals surface area contributed by atoms with E-state index < -0.39 is 30.2 Å². The van der Waals surface area contributed by atoms with E-state index in [4.69, 9.17) is 5.11 Å². The molecule has 30 heavy (non-hydrogen) atoms. The molecule has 0 aliphatic heterocycles. The molecule has 0 fully saturated rings. The molecule has 2 N–H and O–H groups in total. The first-order valence-corrected chi connectivity index (χ1v) is 9.32. The highest BCUT2D eigenvalue weighted by atomic mass is 16.3. The first-order chi connectivity index (χ1) is 14.3. The van der Waals surface area contributed by atoms with Gasteiger partial charge in [-0.05, 0) is 28.8 Å². The Hall–Kier alpha value is -3.52. The lowest BCUT2D eigenvalue weighted by Gasteiger charge is -2.25. The Bertz CT molecular complexity index is 905. The smallest absolute Gasteiger partial charge is 0.254 e. The first kappa shape index (κ1) is 22.8. The normalized spacial score (nSPS) is 11.8. The SMILES string of the molecule is CNC(=O)C(C(=O)CO)N(C)C(=O)c1ccc(-c2ccc(/C=N/N(C)C)cc2)cc1. The van der Waals surface area contributed by atoms with Crippen molar-refractivity contribution >= 4 is 23.8 Å². The second kappa shape index (κ2) is 10.3. The number of aliphatic hydroxyl groups is 1. The van der Waals surface area contributed by atoms with Gasteiger partial charge in [-0.3, -0.25) is 14.4 Å². The molecule has 1 atom stereocenters. The lowest BCUT2D eigenvalue weighted by atomic mass is 10.0. The number of Topliss-reactive ketones (excluding diaryl/α,β-unsaturated/α-hetero) is 1. The summed E-state index contributed by atoms with van der Waals surface area (Å²) >= 11 is 0. The minimum Gasteiger partial charge on any atom is -0.388 e. The van der Waals surface area contributed by atoms with Gasteiger partial charge >= 0.3 is 0 Å². The topological polar surface area (TPSA) is 102 Å². The number of hydrogen-bond donors (Lipinski definition) is 2. The summed E-state index contributed by atoms with van der Waals surface area (Å²) < 4.78 is 0. The van der Waals surface area contributed by atoms with E-state index in [2.05, 4.69) is 10.4 Å². The molecule has 0 heterocycles. The standard InChI is InChI=1S/C22H26N4O4/c1-23-21(29)20(19(28)14-27)26(4)22(30)18-11-9-17(10-12-18)16-7-5-15(6-8-16)13-24-25(2)3/h5-13,20,27H,14H2,1-4H3,(H,23,29)/b24-13+. The monoisotopic (exact) mass is 410 g/mol. The van der Waals surface area contributed by atoms with Crippen molar-refractivity contribution in [2.24, 2.45) is 5.10 Å². The van der Waals surface area contributed by atoms with Crippen LogP contribution >= 0.6 is 0 Å². The lowest BCUT2D eigenvalue weighted by Crippen LogP contribution is -2.52. The molecule has 0 aliphatic rings. The van der Waals surface area contributed by atoms with Crippen molar-refractivity contribution in [1.29, 1.82) is 0 Å². The van der Waals surface area contributed by atoms with Crippen LogP contribution in [-0.4, -0.2) is 79.7 Å². The second-order valence-electron chi connectivity index (χ2n) is 6.85. The zero-order valence-corrected chi connectivity index (χ0v) is 17.5. The number of likely N-dealkylation sites (N-methyl/N-ethyl adjacent to an activating group) is 2. The maximum Gasteiger partial charge on any atom is 0.254 e. The van der Waals surface area contributed by atoms with Gasteiger partial charge in [-0.2, -0.15) is 5.10 Å². The van der Waals surface area contributed by atoms with E-state index in [9.17, 15) is 14.4 Å². The van der Waals surface area contributed by atoms with Gasteiger partial charge in [0.1, 0.15) is 6.61 Å². The van der Waals surface area contributed by atoms with E-state index in [1.54, 1.807) is 35.5 Å². The van der Waals surface area contributed by atoms with E-state index in [0.717, 1.165) is 21.6 Å². The molecule has 0 saturated heterocycles. The van der Waals surface area contributed by atoms with Crippen molar-refractivity contribution in [3.63, 3.8) is 0 Å². The van der Waals surface area contributed by atoms with E-state index in [1.807, 2.05) is 38.4 Å². The number of rotatable bonds is 8. The van der Waals surface area contributed by atoms with E-state index in [1.165, 1.54) is 14.1 Å². The Balaban J connectivity index is 2.19. The number of aliphatic hydroxyl groups excluding tert-OH is 1. The van der Waals surface area contributed by atoms with Gasteiger partial charge in [0.05, 0.1) is 6.21 Å². The number of carbonyl (C=O) groups excluding carboxylic acids is 3. The summed E-state index contributed by atoms with van der Waals surface area (Å²) in [5, 5.41) is 17.4. The van der Waals surface area contributed by atoms with Crippen LogP contribution in [0.3, 0.4) is 0 Å². The Labute approximate surface area is 175 Å². The maximum atomic E-state index is 12.7. The average Bonchev–Trinajstić information content (AvgIpc) is 2.77. The minimum atomic E-state index is -1.39. The van der Waals surface area contributed by atoms with Crippen LogP contribution in [0.5, 0.6) is 0 Å². The maximum absolute atomic E-state index is 12.7. The molecule has 8 nitrogen and oxygen atoms in total. The third-order valence-electron chi connectivity index (χ3n) is 4.48. The van der Waals surface area contributed by atoms with Crippen molar-refractivity contribution in [2.75, 3.05) is 34.8 Å². The Morgan fingerprint density at radius 2 is 1.53 bits per heavy atom. The fourth-order valence-corrected chi connectivity index (χ4v) is 2.83. The van der Waals surface area contributed by atoms with Crippen LogP contribution < -0.4 is 5.32 Å². The summed E-state index contributed by atoms with van der Waals surface area (Å²) in [5.74, 6) is -1.90. The molecule has 158 valence electrons. The summed E-state index contributed by atoms with van der Waals surface area (Å²) in [6.07, 6.45) is 1.76. The number of carbonyl (C=O) groups is 3. The Morgan fingerprint density at radius 3 is 2.00 bits per heavy atom. The van der Waals surface area contributed by atoms with Crippen LogP contribution in [0.2, 0.25) is 0 Å². The van der Waals surface area contributed by atoms with Crippen LogP contribution in [0.4, 0.5) is 0 Å². The van der Waals surface area contributed by atoms with Gasteiger partial charge in [-0.25, -0.2) is 0 Å². The van der Waals surface area contributed by atoms with Crippen LogP contribution in [0, 0.1) is 0 Å². The molecule has 0 spiro atoms. The van der Waals surface area contributed by atoms with Crippen LogP contribution in [0.25, 0.3) is 11.1 Å². The van der Waals surface area contributed by atoms with Crippen molar-refractivity contribution in [2.45, 2.75) is 6.04 Å². The fraction of sp³-hybridized carbons (Fsp3) is 0.273. The predicted octanol–water partition coefficient (Wildman–Crippen LogP) is 0.997. The number of amides is 2. The Morgan fingerprint density at radius 1 is 1.00 bits per heavy atom. The summed E-state index contributed by atoms with van der Waals surface area (Å²) in [7, 11) is 6.42. The summed E-state index contributed by atoms with van der Waals surface area (Å²) in [6.45, 7) is -0.829. The second-order valence-corrected chi connectivity index (χ2v) is 6.85.